The third-order valence-corrected chi connectivity index (χ3v) is 2.44. The molecule has 1 aromatic carbocycles. The first-order chi connectivity index (χ1) is 10.2. The summed E-state index contributed by atoms with van der Waals surface area (Å²) in [6.45, 7) is 2.27. The predicted octanol–water partition coefficient (Wildman–Crippen LogP) is 3.25. The molecule has 0 aliphatic heterocycles. The molecular formula is C15H18F2N2O3. The van der Waals surface area contributed by atoms with Crippen LogP contribution in [0, 0.1) is 11.3 Å². The van der Waals surface area contributed by atoms with Gasteiger partial charge in [0.05, 0.1) is 6.07 Å². The topological polar surface area (TPSA) is 71.3 Å². The Hall–Kier alpha value is -2.36. The van der Waals surface area contributed by atoms with Crippen molar-refractivity contribution in [2.24, 2.45) is 0 Å². The second-order valence-electron chi connectivity index (χ2n) is 5.55. The van der Waals surface area contributed by atoms with Crippen molar-refractivity contribution in [3.05, 3.63) is 29.8 Å². The lowest BCUT2D eigenvalue weighted by Crippen LogP contribution is -2.39. The zero-order valence-electron chi connectivity index (χ0n) is 12.6. The van der Waals surface area contributed by atoms with Crippen molar-refractivity contribution < 1.29 is 23.0 Å². The van der Waals surface area contributed by atoms with Crippen molar-refractivity contribution in [2.75, 3.05) is 0 Å². The van der Waals surface area contributed by atoms with Crippen molar-refractivity contribution in [1.82, 2.24) is 5.32 Å². The summed E-state index contributed by atoms with van der Waals surface area (Å²) in [5.41, 5.74) is 0.0439. The van der Waals surface area contributed by atoms with Gasteiger partial charge < -0.3 is 14.8 Å². The molecule has 120 valence electrons. The lowest BCUT2D eigenvalue weighted by molar-refractivity contribution is -0.0498. The van der Waals surface area contributed by atoms with E-state index < -0.39 is 24.3 Å². The van der Waals surface area contributed by atoms with Crippen molar-refractivity contribution in [1.29, 1.82) is 5.26 Å². The van der Waals surface area contributed by atoms with Gasteiger partial charge in [-0.3, -0.25) is 0 Å². The van der Waals surface area contributed by atoms with Gasteiger partial charge in [-0.2, -0.15) is 14.0 Å². The minimum Gasteiger partial charge on any atom is -0.444 e. The van der Waals surface area contributed by atoms with Gasteiger partial charge in [-0.1, -0.05) is 12.1 Å². The number of rotatable bonds is 5. The number of hydrogen-bond acceptors (Lipinski definition) is 4. The fourth-order valence-electron chi connectivity index (χ4n) is 1.62. The van der Waals surface area contributed by atoms with Gasteiger partial charge >= 0.3 is 12.7 Å². The number of alkyl halides is 2. The van der Waals surface area contributed by atoms with Crippen LogP contribution in [-0.4, -0.2) is 24.3 Å². The number of nitrogens with zero attached hydrogens (tertiary/aromatic N) is 1. The van der Waals surface area contributed by atoms with Gasteiger partial charge in [-0.25, -0.2) is 4.79 Å². The highest BCUT2D eigenvalue weighted by atomic mass is 19.3. The van der Waals surface area contributed by atoms with Crippen LogP contribution in [0.2, 0.25) is 0 Å². The number of nitrogens with one attached hydrogen (secondary N) is 1. The van der Waals surface area contributed by atoms with E-state index in [1.165, 1.54) is 12.1 Å². The number of benzene rings is 1. The van der Waals surface area contributed by atoms with Gasteiger partial charge in [0.2, 0.25) is 0 Å². The Labute approximate surface area is 127 Å². The van der Waals surface area contributed by atoms with Crippen LogP contribution in [0.5, 0.6) is 5.75 Å². The Kier molecular flexibility index (Phi) is 6.11. The van der Waals surface area contributed by atoms with E-state index in [-0.39, 0.29) is 12.2 Å². The SMILES string of the molecule is CC(C)(C)OC(=O)N[C@H](C#N)Cc1ccc(OC(F)F)cc1. The van der Waals surface area contributed by atoms with E-state index >= 15 is 0 Å². The summed E-state index contributed by atoms with van der Waals surface area (Å²) >= 11 is 0. The standard InChI is InChI=1S/C15H18F2N2O3/c1-15(2,3)22-14(20)19-11(9-18)8-10-4-6-12(7-5-10)21-13(16)17/h4-7,11,13H,8H2,1-3H3,(H,19,20)/t11-/m0/s1. The highest BCUT2D eigenvalue weighted by Gasteiger charge is 2.19. The van der Waals surface area contributed by atoms with Crippen LogP contribution < -0.4 is 10.1 Å². The van der Waals surface area contributed by atoms with Crippen molar-refractivity contribution in [2.45, 2.75) is 45.4 Å². The van der Waals surface area contributed by atoms with Crippen LogP contribution in [0.1, 0.15) is 26.3 Å². The summed E-state index contributed by atoms with van der Waals surface area (Å²) in [5.74, 6) is 0.0346. The van der Waals surface area contributed by atoms with E-state index in [0.717, 1.165) is 0 Å². The summed E-state index contributed by atoms with van der Waals surface area (Å²) in [4.78, 5) is 11.6. The van der Waals surface area contributed by atoms with Gasteiger partial charge in [-0.15, -0.1) is 0 Å². The molecule has 22 heavy (non-hydrogen) atoms. The maximum Gasteiger partial charge on any atom is 0.408 e. The van der Waals surface area contributed by atoms with Crippen LogP contribution in [0.25, 0.3) is 0 Å². The summed E-state index contributed by atoms with van der Waals surface area (Å²) in [7, 11) is 0. The maximum absolute atomic E-state index is 12.0. The Morgan fingerprint density at radius 1 is 1.32 bits per heavy atom. The van der Waals surface area contributed by atoms with Crippen LogP contribution >= 0.6 is 0 Å². The fourth-order valence-corrected chi connectivity index (χ4v) is 1.62. The van der Waals surface area contributed by atoms with E-state index in [0.29, 0.717) is 5.56 Å². The molecule has 0 saturated heterocycles. The second kappa shape index (κ2) is 7.59. The van der Waals surface area contributed by atoms with Crippen molar-refractivity contribution >= 4 is 6.09 Å². The molecule has 0 radical (unpaired) electrons. The number of carbonyl (C=O) groups is 1. The fraction of sp³-hybridized carbons (Fsp3) is 0.467. The number of amides is 1. The normalized spacial score (nSPS) is 12.4. The summed E-state index contributed by atoms with van der Waals surface area (Å²) in [6, 6.07) is 7.04. The van der Waals surface area contributed by atoms with E-state index in [4.69, 9.17) is 10.00 Å². The maximum atomic E-state index is 12.0. The average Bonchev–Trinajstić information content (AvgIpc) is 2.37. The highest BCUT2D eigenvalue weighted by molar-refractivity contribution is 5.68. The molecule has 7 heteroatoms. The Balaban J connectivity index is 2.59. The van der Waals surface area contributed by atoms with E-state index in [2.05, 4.69) is 10.1 Å². The average molecular weight is 312 g/mol. The van der Waals surface area contributed by atoms with E-state index in [1.54, 1.807) is 32.9 Å². The third kappa shape index (κ3) is 6.88. The van der Waals surface area contributed by atoms with Crippen LogP contribution in [0.4, 0.5) is 13.6 Å². The molecule has 0 aromatic heterocycles. The largest absolute Gasteiger partial charge is 0.444 e. The molecule has 0 unspecified atom stereocenters. The van der Waals surface area contributed by atoms with E-state index in [1.807, 2.05) is 6.07 Å². The quantitative estimate of drug-likeness (QED) is 0.906. The third-order valence-electron chi connectivity index (χ3n) is 2.44. The first kappa shape index (κ1) is 17.7. The number of nitriles is 1. The Bertz CT molecular complexity index is 533. The lowest BCUT2D eigenvalue weighted by Gasteiger charge is -2.21. The lowest BCUT2D eigenvalue weighted by atomic mass is 10.1. The molecule has 0 heterocycles. The first-order valence-electron chi connectivity index (χ1n) is 6.62. The second-order valence-corrected chi connectivity index (χ2v) is 5.55. The van der Waals surface area contributed by atoms with Gasteiger partial charge in [0.15, 0.2) is 0 Å². The van der Waals surface area contributed by atoms with Gasteiger partial charge in [0.1, 0.15) is 17.4 Å². The number of ether oxygens (including phenoxy) is 2. The first-order valence-corrected chi connectivity index (χ1v) is 6.62. The Morgan fingerprint density at radius 2 is 1.91 bits per heavy atom. The minimum atomic E-state index is -2.88. The van der Waals surface area contributed by atoms with Gasteiger partial charge in [0, 0.05) is 6.42 Å². The molecule has 0 fully saturated rings. The summed E-state index contributed by atoms with van der Waals surface area (Å²) in [6.07, 6.45) is -0.457. The minimum absolute atomic E-state index is 0.0346. The zero-order chi connectivity index (χ0) is 16.8. The Morgan fingerprint density at radius 3 is 2.36 bits per heavy atom. The van der Waals surface area contributed by atoms with Crippen molar-refractivity contribution in [3.63, 3.8) is 0 Å². The van der Waals surface area contributed by atoms with Crippen molar-refractivity contribution in [3.8, 4) is 11.8 Å². The number of alkyl carbamates (subject to hydrolysis) is 1. The molecule has 1 amide bonds. The van der Waals surface area contributed by atoms with E-state index in [9.17, 15) is 13.6 Å². The van der Waals surface area contributed by atoms with Crippen LogP contribution in [0.15, 0.2) is 24.3 Å². The highest BCUT2D eigenvalue weighted by Crippen LogP contribution is 2.16. The number of halogens is 2. The monoisotopic (exact) mass is 312 g/mol. The molecule has 1 aromatic rings. The molecule has 0 aliphatic rings. The summed E-state index contributed by atoms with van der Waals surface area (Å²) < 4.78 is 33.4. The molecule has 1 atom stereocenters. The molecule has 0 spiro atoms. The summed E-state index contributed by atoms with van der Waals surface area (Å²) in [5, 5.41) is 11.5. The molecule has 5 nitrogen and oxygen atoms in total. The number of carbonyl (C=O) groups excluding carboxylic acids is 1. The van der Waals surface area contributed by atoms with Crippen LogP contribution in [0.3, 0.4) is 0 Å². The van der Waals surface area contributed by atoms with Gasteiger partial charge in [0.25, 0.3) is 0 Å². The molecule has 1 N–H and O–H groups in total. The zero-order valence-corrected chi connectivity index (χ0v) is 12.6. The predicted molar refractivity (Wildman–Crippen MR) is 75.5 cm³/mol. The molecule has 0 bridgehead atoms. The smallest absolute Gasteiger partial charge is 0.408 e. The molecule has 0 saturated carbocycles. The molecule has 0 aliphatic carbocycles. The van der Waals surface area contributed by atoms with Gasteiger partial charge in [-0.05, 0) is 38.5 Å². The molecular weight excluding hydrogens is 294 g/mol. The molecule has 1 rings (SSSR count). The number of hydrogen-bond donors (Lipinski definition) is 1. The van der Waals surface area contributed by atoms with Crippen LogP contribution in [-0.2, 0) is 11.2 Å².